The lowest BCUT2D eigenvalue weighted by atomic mass is 10.4. The quantitative estimate of drug-likeness (QED) is 0.407. The highest BCUT2D eigenvalue weighted by Crippen LogP contribution is 2.23. The highest BCUT2D eigenvalue weighted by Gasteiger charge is 2.63. The van der Waals surface area contributed by atoms with Crippen molar-refractivity contribution in [2.45, 2.75) is 5.79 Å². The Morgan fingerprint density at radius 1 is 1.28 bits per heavy atom. The van der Waals surface area contributed by atoms with E-state index in [9.17, 15) is 30.3 Å². The van der Waals surface area contributed by atoms with Crippen molar-refractivity contribution in [3.8, 4) is 0 Å². The van der Waals surface area contributed by atoms with Gasteiger partial charge in [0, 0.05) is 21.0 Å². The topological polar surface area (TPSA) is 180 Å². The maximum absolute atomic E-state index is 10.8. The van der Waals surface area contributed by atoms with Crippen molar-refractivity contribution >= 4 is 21.9 Å². The predicted molar refractivity (Wildman–Crippen MR) is 53.4 cm³/mol. The third kappa shape index (κ3) is 1.86. The van der Waals surface area contributed by atoms with Gasteiger partial charge in [-0.15, -0.1) is 0 Å². The van der Waals surface area contributed by atoms with Crippen LogP contribution in [0, 0.1) is 30.3 Å². The first-order chi connectivity index (χ1) is 8.27. The van der Waals surface area contributed by atoms with Gasteiger partial charge in [0.25, 0.3) is 4.73 Å². The van der Waals surface area contributed by atoms with Crippen molar-refractivity contribution in [3.63, 3.8) is 0 Å². The molecule has 0 saturated carbocycles. The molecule has 18 heavy (non-hydrogen) atoms. The molecular weight excluding hydrogens is 324 g/mol. The molecule has 0 aliphatic rings. The molecule has 0 bridgehead atoms. The van der Waals surface area contributed by atoms with E-state index in [0.29, 0.717) is 0 Å². The van der Waals surface area contributed by atoms with E-state index in [1.165, 1.54) is 0 Å². The number of nitro groups is 3. The number of hydrogen-bond acceptors (Lipinski definition) is 9. The Bertz CT molecular complexity index is 512. The fourth-order valence-corrected chi connectivity index (χ4v) is 1.51. The zero-order valence-corrected chi connectivity index (χ0v) is 9.75. The second-order valence-electron chi connectivity index (χ2n) is 2.80. The van der Waals surface area contributed by atoms with Crippen LogP contribution in [0.3, 0.4) is 0 Å². The highest BCUT2D eigenvalue weighted by molar-refractivity contribution is 9.10. The lowest BCUT2D eigenvalue weighted by Gasteiger charge is -2.11. The zero-order valence-electron chi connectivity index (χ0n) is 8.17. The second kappa shape index (κ2) is 4.57. The summed E-state index contributed by atoms with van der Waals surface area (Å²) < 4.78 is -0.609. The fraction of sp³-hybridized carbons (Fsp3) is 0.500. The van der Waals surface area contributed by atoms with Crippen molar-refractivity contribution in [1.82, 2.24) is 14.8 Å². The third-order valence-corrected chi connectivity index (χ3v) is 2.37. The molecule has 0 aliphatic heterocycles. The molecular formula is C4H3BrN6O7. The molecule has 0 aliphatic carbocycles. The monoisotopic (exact) mass is 326 g/mol. The Morgan fingerprint density at radius 3 is 2.06 bits per heavy atom. The Hall–Kier alpha value is -2.22. The SMILES string of the molecule is O=[N+]([O-])c1nc(Br)n(C(CO)([N+](=O)[O-])[N+](=O)[O-])n1. The van der Waals surface area contributed by atoms with E-state index in [4.69, 9.17) is 5.11 Å². The minimum Gasteiger partial charge on any atom is -0.390 e. The van der Waals surface area contributed by atoms with Crippen LogP contribution in [-0.2, 0) is 5.79 Å². The number of rotatable bonds is 5. The summed E-state index contributed by atoms with van der Waals surface area (Å²) in [5.74, 6) is -4.36. The first kappa shape index (κ1) is 13.8. The highest BCUT2D eigenvalue weighted by atomic mass is 79.9. The molecule has 0 fully saturated rings. The maximum Gasteiger partial charge on any atom is 0.599 e. The van der Waals surface area contributed by atoms with Crippen molar-refractivity contribution in [1.29, 1.82) is 0 Å². The average molecular weight is 327 g/mol. The van der Waals surface area contributed by atoms with Gasteiger partial charge in [-0.1, -0.05) is 0 Å². The summed E-state index contributed by atoms with van der Waals surface area (Å²) in [4.78, 5) is 31.0. The minimum atomic E-state index is -3.28. The molecule has 14 heteroatoms. The predicted octanol–water partition coefficient (Wildman–Crippen LogP) is -0.895. The Morgan fingerprint density at radius 2 is 1.78 bits per heavy atom. The van der Waals surface area contributed by atoms with Gasteiger partial charge in [0.15, 0.2) is 0 Å². The van der Waals surface area contributed by atoms with E-state index in [1.807, 2.05) is 0 Å². The number of halogens is 1. The largest absolute Gasteiger partial charge is 0.599 e. The molecule has 0 radical (unpaired) electrons. The van der Waals surface area contributed by atoms with E-state index >= 15 is 0 Å². The molecule has 98 valence electrons. The number of nitrogens with zero attached hydrogens (tertiary/aromatic N) is 6. The average Bonchev–Trinajstić information content (AvgIpc) is 2.62. The minimum absolute atomic E-state index is 0.0190. The fourth-order valence-electron chi connectivity index (χ4n) is 0.992. The van der Waals surface area contributed by atoms with Crippen LogP contribution in [0.4, 0.5) is 5.95 Å². The van der Waals surface area contributed by atoms with Gasteiger partial charge >= 0.3 is 11.7 Å². The van der Waals surface area contributed by atoms with Crippen LogP contribution in [0.2, 0.25) is 0 Å². The molecule has 1 rings (SSSR count). The van der Waals surface area contributed by atoms with Gasteiger partial charge in [0.1, 0.15) is 9.85 Å². The number of aliphatic hydroxyl groups is 1. The van der Waals surface area contributed by atoms with Crippen molar-refractivity contribution in [2.75, 3.05) is 6.61 Å². The van der Waals surface area contributed by atoms with E-state index < -0.39 is 37.8 Å². The van der Waals surface area contributed by atoms with E-state index in [0.717, 1.165) is 0 Å². The molecule has 1 heterocycles. The lowest BCUT2D eigenvalue weighted by Crippen LogP contribution is -2.52. The van der Waals surface area contributed by atoms with Gasteiger partial charge in [-0.3, -0.25) is 20.2 Å². The molecule has 1 aromatic rings. The Kier molecular flexibility index (Phi) is 3.52. The van der Waals surface area contributed by atoms with E-state index in [-0.39, 0.29) is 4.68 Å². The first-order valence-electron chi connectivity index (χ1n) is 3.94. The molecule has 0 spiro atoms. The third-order valence-electron chi connectivity index (χ3n) is 1.86. The second-order valence-corrected chi connectivity index (χ2v) is 3.51. The van der Waals surface area contributed by atoms with Crippen LogP contribution in [0.5, 0.6) is 0 Å². The molecule has 1 aromatic heterocycles. The van der Waals surface area contributed by atoms with Crippen LogP contribution in [0.15, 0.2) is 4.73 Å². The summed E-state index contributed by atoms with van der Waals surface area (Å²) in [6, 6.07) is 0. The smallest absolute Gasteiger partial charge is 0.390 e. The van der Waals surface area contributed by atoms with Crippen LogP contribution >= 0.6 is 15.9 Å². The van der Waals surface area contributed by atoms with Crippen LogP contribution < -0.4 is 0 Å². The summed E-state index contributed by atoms with van der Waals surface area (Å²) in [5.41, 5.74) is 0. The number of aliphatic hydroxyl groups excluding tert-OH is 1. The van der Waals surface area contributed by atoms with Crippen LogP contribution in [0.25, 0.3) is 0 Å². The van der Waals surface area contributed by atoms with Crippen molar-refractivity contribution < 1.29 is 19.9 Å². The van der Waals surface area contributed by atoms with Crippen molar-refractivity contribution in [2.24, 2.45) is 0 Å². The normalized spacial score (nSPS) is 11.2. The molecule has 0 unspecified atom stereocenters. The summed E-state index contributed by atoms with van der Waals surface area (Å²) in [7, 11) is 0. The standard InChI is InChI=1S/C4H3BrN6O7/c5-2-6-3(9(13)14)7-8(2)4(1-12,10(15)16)11(17)18/h12H,1H2. The lowest BCUT2D eigenvalue weighted by molar-refractivity contribution is -0.836. The van der Waals surface area contributed by atoms with Gasteiger partial charge in [-0.05, 0) is 14.6 Å². The summed E-state index contributed by atoms with van der Waals surface area (Å²) >= 11 is 2.56. The molecule has 0 amide bonds. The zero-order chi connectivity index (χ0) is 14.1. The van der Waals surface area contributed by atoms with Gasteiger partial charge in [-0.2, -0.15) is 0 Å². The number of aromatic nitrogens is 3. The molecule has 13 nitrogen and oxygen atoms in total. The van der Waals surface area contributed by atoms with Gasteiger partial charge < -0.3 is 15.2 Å². The number of hydrogen-bond donors (Lipinski definition) is 1. The first-order valence-corrected chi connectivity index (χ1v) is 4.74. The summed E-state index contributed by atoms with van der Waals surface area (Å²) in [5, 5.41) is 43.8. The molecule has 0 aromatic carbocycles. The summed E-state index contributed by atoms with van der Waals surface area (Å²) in [6.45, 7) is -1.56. The molecule has 0 saturated heterocycles. The van der Waals surface area contributed by atoms with Gasteiger partial charge in [-0.25, -0.2) is 0 Å². The summed E-state index contributed by atoms with van der Waals surface area (Å²) in [6.07, 6.45) is 0. The van der Waals surface area contributed by atoms with Crippen molar-refractivity contribution in [3.05, 3.63) is 35.1 Å². The molecule has 0 atom stereocenters. The van der Waals surface area contributed by atoms with E-state index in [2.05, 4.69) is 26.0 Å². The Balaban J connectivity index is 3.53. The van der Waals surface area contributed by atoms with Gasteiger partial charge in [0.2, 0.25) is 6.61 Å². The van der Waals surface area contributed by atoms with Crippen LogP contribution in [-0.4, -0.2) is 41.2 Å². The van der Waals surface area contributed by atoms with Gasteiger partial charge in [0.05, 0.1) is 0 Å². The Labute approximate surface area is 105 Å². The van der Waals surface area contributed by atoms with E-state index in [1.54, 1.807) is 0 Å². The maximum atomic E-state index is 10.8. The molecule has 1 N–H and O–H groups in total. The van der Waals surface area contributed by atoms with Crippen LogP contribution in [0.1, 0.15) is 0 Å².